The molecular weight excluding hydrogens is 170 g/mol. The predicted molar refractivity (Wildman–Crippen MR) is 26.8 cm³/mol. The second kappa shape index (κ2) is 4.64. The molecule has 0 aliphatic rings. The van der Waals surface area contributed by atoms with E-state index in [1.54, 1.807) is 0 Å². The van der Waals surface area contributed by atoms with Gasteiger partial charge >= 0.3 is 55.9 Å². The molecule has 0 amide bonds. The SMILES string of the molecule is CCC(CC)[N]=[Mo]. The Bertz CT molecular complexity index is 50.0. The van der Waals surface area contributed by atoms with Crippen LogP contribution < -0.4 is 0 Å². The van der Waals surface area contributed by atoms with E-state index >= 15 is 0 Å². The summed E-state index contributed by atoms with van der Waals surface area (Å²) >= 11 is 1.82. The first-order valence-electron chi connectivity index (χ1n) is 2.67. The molecule has 0 radical (unpaired) electrons. The van der Waals surface area contributed by atoms with Crippen LogP contribution in [0.4, 0.5) is 0 Å². The van der Waals surface area contributed by atoms with Gasteiger partial charge in [0.05, 0.1) is 0 Å². The molecule has 0 aromatic rings. The maximum absolute atomic E-state index is 4.14. The van der Waals surface area contributed by atoms with Crippen LogP contribution in [0.2, 0.25) is 0 Å². The van der Waals surface area contributed by atoms with Crippen molar-refractivity contribution in [1.29, 1.82) is 0 Å². The third kappa shape index (κ3) is 3.10. The molecule has 0 rings (SSSR count). The van der Waals surface area contributed by atoms with E-state index in [-0.39, 0.29) is 0 Å². The Kier molecular flexibility index (Phi) is 4.97. The predicted octanol–water partition coefficient (Wildman–Crippen LogP) is 1.91. The molecule has 0 fully saturated rings. The second-order valence-electron chi connectivity index (χ2n) is 1.58. The van der Waals surface area contributed by atoms with Crippen molar-refractivity contribution in [2.24, 2.45) is 3.50 Å². The van der Waals surface area contributed by atoms with Crippen LogP contribution in [0.1, 0.15) is 26.7 Å². The van der Waals surface area contributed by atoms with Crippen LogP contribution in [-0.4, -0.2) is 6.04 Å². The third-order valence-electron chi connectivity index (χ3n) is 1.09. The van der Waals surface area contributed by atoms with Crippen molar-refractivity contribution in [1.82, 2.24) is 0 Å². The second-order valence-corrected chi connectivity index (χ2v) is 2.09. The van der Waals surface area contributed by atoms with Crippen molar-refractivity contribution in [3.63, 3.8) is 0 Å². The summed E-state index contributed by atoms with van der Waals surface area (Å²) in [6.07, 6.45) is 2.38. The average molecular weight is 181 g/mol. The monoisotopic (exact) mass is 183 g/mol. The van der Waals surface area contributed by atoms with Crippen molar-refractivity contribution in [3.05, 3.63) is 0 Å². The topological polar surface area (TPSA) is 12.4 Å². The molecule has 0 unspecified atom stereocenters. The third-order valence-corrected chi connectivity index (χ3v) is 1.82. The van der Waals surface area contributed by atoms with Gasteiger partial charge in [-0.05, 0) is 0 Å². The molecule has 0 aliphatic carbocycles. The van der Waals surface area contributed by atoms with Gasteiger partial charge in [-0.1, -0.05) is 0 Å². The molecular formula is C5H11MoN. The Morgan fingerprint density at radius 2 is 1.86 bits per heavy atom. The summed E-state index contributed by atoms with van der Waals surface area (Å²) < 4.78 is 4.14. The Balaban J connectivity index is 3.16. The zero-order valence-electron chi connectivity index (χ0n) is 4.85. The van der Waals surface area contributed by atoms with Gasteiger partial charge in [0.1, 0.15) is 0 Å². The van der Waals surface area contributed by atoms with Crippen LogP contribution in [0.5, 0.6) is 0 Å². The van der Waals surface area contributed by atoms with Crippen LogP contribution >= 0.6 is 0 Å². The molecule has 0 atom stereocenters. The van der Waals surface area contributed by atoms with Gasteiger partial charge in [-0.25, -0.2) is 0 Å². The van der Waals surface area contributed by atoms with E-state index in [2.05, 4.69) is 17.3 Å². The number of hydrogen-bond acceptors (Lipinski definition) is 1. The van der Waals surface area contributed by atoms with Gasteiger partial charge in [0, 0.05) is 0 Å². The summed E-state index contributed by atoms with van der Waals surface area (Å²) in [6, 6.07) is 0.616. The number of hydrogen-bond donors (Lipinski definition) is 0. The maximum atomic E-state index is 4.14. The van der Waals surface area contributed by atoms with Crippen molar-refractivity contribution in [3.8, 4) is 0 Å². The van der Waals surface area contributed by atoms with Gasteiger partial charge in [-0.2, -0.15) is 0 Å². The van der Waals surface area contributed by atoms with Crippen molar-refractivity contribution < 1.29 is 19.6 Å². The van der Waals surface area contributed by atoms with Crippen molar-refractivity contribution in [2.75, 3.05) is 0 Å². The van der Waals surface area contributed by atoms with Gasteiger partial charge in [-0.3, -0.25) is 0 Å². The van der Waals surface area contributed by atoms with Gasteiger partial charge in [0.2, 0.25) is 0 Å². The summed E-state index contributed by atoms with van der Waals surface area (Å²) in [5.74, 6) is 0. The Morgan fingerprint density at radius 1 is 1.43 bits per heavy atom. The summed E-state index contributed by atoms with van der Waals surface area (Å²) in [7, 11) is 0. The molecule has 0 saturated heterocycles. The van der Waals surface area contributed by atoms with Crippen molar-refractivity contribution in [2.45, 2.75) is 32.7 Å². The fraction of sp³-hybridized carbons (Fsp3) is 1.00. The summed E-state index contributed by atoms with van der Waals surface area (Å²) in [4.78, 5) is 0. The minimum absolute atomic E-state index is 0.616. The quantitative estimate of drug-likeness (QED) is 0.589. The molecule has 0 bridgehead atoms. The van der Waals surface area contributed by atoms with Crippen LogP contribution in [-0.2, 0) is 19.6 Å². The zero-order valence-corrected chi connectivity index (χ0v) is 6.85. The van der Waals surface area contributed by atoms with E-state index in [0.29, 0.717) is 6.04 Å². The van der Waals surface area contributed by atoms with Gasteiger partial charge in [-0.15, -0.1) is 0 Å². The standard InChI is InChI=1S/C5H11N.Mo/c1-3-5(6)4-2;/h5H,3-4H2,1-2H3;. The molecule has 0 aromatic carbocycles. The first kappa shape index (κ1) is 7.49. The van der Waals surface area contributed by atoms with E-state index in [0.717, 1.165) is 0 Å². The van der Waals surface area contributed by atoms with Crippen LogP contribution in [0, 0.1) is 0 Å². The first-order chi connectivity index (χ1) is 3.35. The molecule has 2 heteroatoms. The molecule has 0 spiro atoms. The van der Waals surface area contributed by atoms with E-state index in [1.807, 2.05) is 19.6 Å². The van der Waals surface area contributed by atoms with Crippen LogP contribution in [0.3, 0.4) is 0 Å². The summed E-state index contributed by atoms with van der Waals surface area (Å²) in [5, 5.41) is 0. The molecule has 1 nitrogen and oxygen atoms in total. The molecule has 0 aromatic heterocycles. The average Bonchev–Trinajstić information content (AvgIpc) is 1.72. The van der Waals surface area contributed by atoms with E-state index in [9.17, 15) is 0 Å². The van der Waals surface area contributed by atoms with E-state index in [1.165, 1.54) is 12.8 Å². The van der Waals surface area contributed by atoms with Crippen LogP contribution in [0.15, 0.2) is 3.50 Å². The molecule has 0 N–H and O–H groups in total. The Hall–Kier alpha value is 0.488. The fourth-order valence-electron chi connectivity index (χ4n) is 0.438. The fourth-order valence-corrected chi connectivity index (χ4v) is 1.17. The molecule has 0 saturated carbocycles. The normalized spacial score (nSPS) is 9.57. The minimum atomic E-state index is 0.616. The molecule has 7 heavy (non-hydrogen) atoms. The molecule has 0 aliphatic heterocycles. The van der Waals surface area contributed by atoms with Gasteiger partial charge in [0.15, 0.2) is 0 Å². The first-order valence-corrected chi connectivity index (χ1v) is 3.57. The zero-order chi connectivity index (χ0) is 5.70. The molecule has 0 heterocycles. The Labute approximate surface area is 56.3 Å². The van der Waals surface area contributed by atoms with Gasteiger partial charge < -0.3 is 0 Å². The van der Waals surface area contributed by atoms with Gasteiger partial charge in [0.25, 0.3) is 0 Å². The van der Waals surface area contributed by atoms with E-state index in [4.69, 9.17) is 0 Å². The Morgan fingerprint density at radius 3 is 1.86 bits per heavy atom. The summed E-state index contributed by atoms with van der Waals surface area (Å²) in [5.41, 5.74) is 0. The molecule has 42 valence electrons. The summed E-state index contributed by atoms with van der Waals surface area (Å²) in [6.45, 7) is 4.34. The van der Waals surface area contributed by atoms with Crippen LogP contribution in [0.25, 0.3) is 0 Å². The van der Waals surface area contributed by atoms with E-state index < -0.39 is 0 Å². The number of rotatable bonds is 3. The number of nitrogens with zero attached hydrogens (tertiary/aromatic N) is 1. The van der Waals surface area contributed by atoms with Crippen molar-refractivity contribution >= 4 is 0 Å².